The first-order valence-corrected chi connectivity index (χ1v) is 43.1. The molecule has 0 saturated heterocycles. The molecule has 0 spiro atoms. The lowest BCUT2D eigenvalue weighted by atomic mass is 9.93. The van der Waals surface area contributed by atoms with Crippen molar-refractivity contribution in [1.82, 2.24) is 31.9 Å². The summed E-state index contributed by atoms with van der Waals surface area (Å²) in [6.45, 7) is 12.3. The minimum Gasteiger partial charge on any atom is -0.356 e. The van der Waals surface area contributed by atoms with E-state index in [9.17, 15) is 38.4 Å². The van der Waals surface area contributed by atoms with E-state index in [0.717, 1.165) is 128 Å². The van der Waals surface area contributed by atoms with E-state index in [4.69, 9.17) is 0 Å². The van der Waals surface area contributed by atoms with Gasteiger partial charge in [-0.05, 0) is 96.3 Å². The van der Waals surface area contributed by atoms with Crippen LogP contribution in [0.4, 0.5) is 0 Å². The molecule has 0 aliphatic carbocycles. The lowest BCUT2D eigenvalue weighted by molar-refractivity contribution is -0.129. The molecule has 0 saturated carbocycles. The van der Waals surface area contributed by atoms with E-state index in [2.05, 4.69) is 59.6 Å². The summed E-state index contributed by atoms with van der Waals surface area (Å²) >= 11 is 0. The highest BCUT2D eigenvalue weighted by Gasteiger charge is 2.23. The van der Waals surface area contributed by atoms with Crippen LogP contribution in [-0.2, 0) is 38.4 Å². The fourth-order valence-corrected chi connectivity index (χ4v) is 13.5. The van der Waals surface area contributed by atoms with E-state index in [-0.39, 0.29) is 84.5 Å². The summed E-state index contributed by atoms with van der Waals surface area (Å²) in [6.07, 6.45) is 67.6. The first kappa shape index (κ1) is 95.2. The second-order valence-electron chi connectivity index (χ2n) is 30.0. The van der Waals surface area contributed by atoms with Crippen molar-refractivity contribution in [3.63, 3.8) is 0 Å². The van der Waals surface area contributed by atoms with Crippen molar-refractivity contribution in [3.8, 4) is 0 Å². The Bertz CT molecular complexity index is 1750. The van der Waals surface area contributed by atoms with Crippen LogP contribution in [0.25, 0.3) is 0 Å². The number of hydrogen-bond donors (Lipinski definition) is 6. The van der Waals surface area contributed by atoms with Crippen LogP contribution in [-0.4, -0.2) is 86.3 Å². The standard InChI is InChI=1S/C85H162N6O8/c1-5-9-13-17-21-25-29-33-37-41-47-62-78(92)74-76(60-51-57-70-88-80(94)64-49-43-39-35-31-27-23-19-15-11-7-3)84(98)90-72-55-45-53-68-86-82(96)66-59-67-83(97)87-69-54-46-56-73-91-85(99)77(75-79(93)63-48-42-38-34-30-26-22-18-14-10-6-2)61-52-58-71-89-81(95)65-50-44-40-36-32-28-24-20-16-12-8-4/h76-77H,5-75H2,1-4H3,(H,86,96)(H,87,97)(H,88,94)(H,89,95)(H,90,98)(H,91,99). The van der Waals surface area contributed by atoms with Crippen LogP contribution in [0.3, 0.4) is 0 Å². The average molecular weight is 1400 g/mol. The number of carbonyl (C=O) groups excluding carboxylic acids is 8. The predicted molar refractivity (Wildman–Crippen MR) is 418 cm³/mol. The molecule has 0 aromatic heterocycles. The third kappa shape index (κ3) is 71.0. The van der Waals surface area contributed by atoms with Gasteiger partial charge in [-0.15, -0.1) is 0 Å². The van der Waals surface area contributed by atoms with E-state index in [1.807, 2.05) is 0 Å². The number of hydrogen-bond acceptors (Lipinski definition) is 8. The zero-order valence-corrected chi connectivity index (χ0v) is 65.6. The highest BCUT2D eigenvalue weighted by atomic mass is 16.2. The Morgan fingerprint density at radius 3 is 0.616 bits per heavy atom. The predicted octanol–water partition coefficient (Wildman–Crippen LogP) is 21.5. The molecule has 0 heterocycles. The molecule has 2 unspecified atom stereocenters. The van der Waals surface area contributed by atoms with Crippen molar-refractivity contribution in [1.29, 1.82) is 0 Å². The molecule has 0 aromatic carbocycles. The highest BCUT2D eigenvalue weighted by Crippen LogP contribution is 2.21. The molecule has 0 aliphatic rings. The Balaban J connectivity index is 4.65. The SMILES string of the molecule is CCCCCCCCCCCCCC(=O)CC(CCCCNC(=O)CCCCCCCCCCCCC)C(=O)NCCCCCNC(=O)CCCC(=O)NCCCCCNC(=O)C(CCCCNC(=O)CCCCCCCCCCCCC)CC(=O)CCCCCCCCCCCCC. The maximum atomic E-state index is 13.5. The van der Waals surface area contributed by atoms with Crippen LogP contribution in [0.5, 0.6) is 0 Å². The number of rotatable bonds is 80. The van der Waals surface area contributed by atoms with Crippen molar-refractivity contribution < 1.29 is 38.4 Å². The van der Waals surface area contributed by atoms with Gasteiger partial charge in [0.05, 0.1) is 0 Å². The van der Waals surface area contributed by atoms with Crippen molar-refractivity contribution in [2.24, 2.45) is 11.8 Å². The highest BCUT2D eigenvalue weighted by molar-refractivity contribution is 5.87. The Kier molecular flexibility index (Phi) is 73.8. The van der Waals surface area contributed by atoms with Gasteiger partial charge < -0.3 is 31.9 Å². The molecule has 14 nitrogen and oxygen atoms in total. The summed E-state index contributed by atoms with van der Waals surface area (Å²) in [6, 6.07) is 0. The monoisotopic (exact) mass is 1400 g/mol. The van der Waals surface area contributed by atoms with E-state index in [1.54, 1.807) is 0 Å². The van der Waals surface area contributed by atoms with E-state index in [0.29, 0.717) is 84.2 Å². The molecule has 0 rings (SSSR count). The number of unbranched alkanes of at least 4 members (excludes halogenated alkanes) is 46. The van der Waals surface area contributed by atoms with Crippen molar-refractivity contribution in [2.75, 3.05) is 39.3 Å². The number of nitrogens with one attached hydrogen (secondary N) is 6. The lowest BCUT2D eigenvalue weighted by Crippen LogP contribution is -2.33. The number of ketones is 2. The number of carbonyl (C=O) groups is 8. The average Bonchev–Trinajstić information content (AvgIpc) is 1.91. The van der Waals surface area contributed by atoms with Gasteiger partial charge in [-0.2, -0.15) is 0 Å². The topological polar surface area (TPSA) is 209 Å². The maximum Gasteiger partial charge on any atom is 0.223 e. The Morgan fingerprint density at radius 1 is 0.192 bits per heavy atom. The van der Waals surface area contributed by atoms with Crippen LogP contribution < -0.4 is 31.9 Å². The minimum absolute atomic E-state index is 0.0633. The zero-order valence-electron chi connectivity index (χ0n) is 65.6. The van der Waals surface area contributed by atoms with Gasteiger partial charge >= 0.3 is 0 Å². The molecule has 14 heteroatoms. The van der Waals surface area contributed by atoms with Gasteiger partial charge in [-0.25, -0.2) is 0 Å². The van der Waals surface area contributed by atoms with Crippen molar-refractivity contribution in [3.05, 3.63) is 0 Å². The zero-order chi connectivity index (χ0) is 72.2. The lowest BCUT2D eigenvalue weighted by Gasteiger charge is -2.17. The first-order valence-electron chi connectivity index (χ1n) is 43.1. The molecule has 6 N–H and O–H groups in total. The van der Waals surface area contributed by atoms with Gasteiger partial charge in [0.15, 0.2) is 0 Å². The molecule has 99 heavy (non-hydrogen) atoms. The molecular weight excluding hydrogens is 1230 g/mol. The summed E-state index contributed by atoms with van der Waals surface area (Å²) in [5.74, 6) is -0.469. The van der Waals surface area contributed by atoms with Crippen LogP contribution in [0.1, 0.15) is 445 Å². The molecule has 0 bridgehead atoms. The maximum absolute atomic E-state index is 13.5. The second kappa shape index (κ2) is 76.8. The molecule has 0 aromatic rings. The molecule has 2 atom stereocenters. The largest absolute Gasteiger partial charge is 0.356 e. The quantitative estimate of drug-likeness (QED) is 0.0322. The van der Waals surface area contributed by atoms with Crippen LogP contribution in [0.2, 0.25) is 0 Å². The summed E-state index contributed by atoms with van der Waals surface area (Å²) in [4.78, 5) is 104. The molecule has 0 radical (unpaired) electrons. The third-order valence-corrected chi connectivity index (χ3v) is 20.2. The van der Waals surface area contributed by atoms with Gasteiger partial charge in [0.25, 0.3) is 0 Å². The Labute approximate surface area is 610 Å². The smallest absolute Gasteiger partial charge is 0.223 e. The fourth-order valence-electron chi connectivity index (χ4n) is 13.5. The van der Waals surface area contributed by atoms with Crippen LogP contribution in [0, 0.1) is 11.8 Å². The van der Waals surface area contributed by atoms with E-state index >= 15 is 0 Å². The van der Waals surface area contributed by atoms with Crippen molar-refractivity contribution in [2.45, 2.75) is 445 Å². The van der Waals surface area contributed by atoms with Gasteiger partial charge in [0.1, 0.15) is 11.6 Å². The normalized spacial score (nSPS) is 11.9. The van der Waals surface area contributed by atoms with Gasteiger partial charge in [-0.1, -0.05) is 297 Å². The first-order chi connectivity index (χ1) is 48.5. The number of amides is 6. The fraction of sp³-hybridized carbons (Fsp3) is 0.906. The summed E-state index contributed by atoms with van der Waals surface area (Å²) in [5, 5.41) is 18.3. The summed E-state index contributed by atoms with van der Waals surface area (Å²) < 4.78 is 0. The van der Waals surface area contributed by atoms with Crippen LogP contribution >= 0.6 is 0 Å². The summed E-state index contributed by atoms with van der Waals surface area (Å²) in [7, 11) is 0. The summed E-state index contributed by atoms with van der Waals surface area (Å²) in [5.41, 5.74) is 0. The van der Waals surface area contributed by atoms with Gasteiger partial charge in [0, 0.05) is 102 Å². The minimum atomic E-state index is -0.369. The molecule has 0 aliphatic heterocycles. The number of Topliss-reactive ketones (excluding diaryl/α,β-unsaturated/α-hetero) is 2. The Hall–Kier alpha value is -3.84. The molecule has 0 fully saturated rings. The van der Waals surface area contributed by atoms with Crippen LogP contribution in [0.15, 0.2) is 0 Å². The Morgan fingerprint density at radius 2 is 0.374 bits per heavy atom. The molecule has 6 amide bonds. The molecular formula is C85H162N6O8. The van der Waals surface area contributed by atoms with E-state index in [1.165, 1.54) is 218 Å². The van der Waals surface area contributed by atoms with E-state index < -0.39 is 0 Å². The van der Waals surface area contributed by atoms with Gasteiger partial charge in [0.2, 0.25) is 35.4 Å². The molecule has 580 valence electrons. The van der Waals surface area contributed by atoms with Gasteiger partial charge in [-0.3, -0.25) is 38.4 Å². The third-order valence-electron chi connectivity index (χ3n) is 20.2. The second-order valence-corrected chi connectivity index (χ2v) is 30.0. The van der Waals surface area contributed by atoms with Crippen molar-refractivity contribution >= 4 is 47.0 Å².